The molecule has 1 aromatic heterocycles. The molecule has 3 rings (SSSR count). The van der Waals surface area contributed by atoms with Gasteiger partial charge in [0.2, 0.25) is 0 Å². The number of urea groups is 1. The molecule has 2 amide bonds. The molecule has 2 heterocycles. The van der Waals surface area contributed by atoms with Crippen LogP contribution in [0.15, 0.2) is 53.0 Å². The second-order valence-corrected chi connectivity index (χ2v) is 6.49. The molecule has 1 aromatic carbocycles. The van der Waals surface area contributed by atoms with E-state index in [9.17, 15) is 9.59 Å². The first-order valence-corrected chi connectivity index (χ1v) is 8.58. The summed E-state index contributed by atoms with van der Waals surface area (Å²) < 4.78 is 10.6. The molecule has 2 aromatic rings. The second-order valence-electron chi connectivity index (χ2n) is 5.51. The third-order valence-corrected chi connectivity index (χ3v) is 4.78. The molecule has 130 valence electrons. The molecule has 0 fully saturated rings. The van der Waals surface area contributed by atoms with Gasteiger partial charge in [-0.3, -0.25) is 0 Å². The Bertz CT molecular complexity index is 797. The summed E-state index contributed by atoms with van der Waals surface area (Å²) >= 11 is 1.47. The van der Waals surface area contributed by atoms with E-state index in [0.29, 0.717) is 11.3 Å². The fourth-order valence-electron chi connectivity index (χ4n) is 2.58. The number of hydrogen-bond donors (Lipinski definition) is 2. The maximum atomic E-state index is 12.6. The fourth-order valence-corrected chi connectivity index (χ4v) is 3.37. The monoisotopic (exact) mass is 358 g/mol. The number of carbonyl (C=O) groups excluding carboxylic acids is 2. The predicted molar refractivity (Wildman–Crippen MR) is 94.2 cm³/mol. The minimum Gasteiger partial charge on any atom is -0.497 e. The van der Waals surface area contributed by atoms with E-state index in [1.54, 1.807) is 14.0 Å². The predicted octanol–water partition coefficient (Wildman–Crippen LogP) is 3.13. The average Bonchev–Trinajstić information content (AvgIpc) is 3.14. The Labute approximate surface area is 149 Å². The molecule has 0 aliphatic carbocycles. The number of carbonyl (C=O) groups is 2. The van der Waals surface area contributed by atoms with Gasteiger partial charge >= 0.3 is 12.0 Å². The molecule has 0 bridgehead atoms. The summed E-state index contributed by atoms with van der Waals surface area (Å²) in [7, 11) is 1.60. The van der Waals surface area contributed by atoms with E-state index in [4.69, 9.17) is 9.47 Å². The molecule has 0 saturated heterocycles. The highest BCUT2D eigenvalue weighted by Gasteiger charge is 2.32. The largest absolute Gasteiger partial charge is 0.497 e. The zero-order valence-corrected chi connectivity index (χ0v) is 14.7. The first kappa shape index (κ1) is 17.0. The van der Waals surface area contributed by atoms with Crippen LogP contribution in [0.5, 0.6) is 5.75 Å². The van der Waals surface area contributed by atoms with Crippen LogP contribution in [0.1, 0.15) is 23.4 Å². The van der Waals surface area contributed by atoms with E-state index in [1.165, 1.54) is 11.3 Å². The van der Waals surface area contributed by atoms with E-state index >= 15 is 0 Å². The molecule has 1 unspecified atom stereocenters. The third kappa shape index (κ3) is 3.83. The number of nitrogens with one attached hydrogen (secondary N) is 2. The summed E-state index contributed by atoms with van der Waals surface area (Å²) in [5.41, 5.74) is 1.77. The number of benzene rings is 1. The Kier molecular flexibility index (Phi) is 5.04. The topological polar surface area (TPSA) is 76.7 Å². The number of allylic oxidation sites excluding steroid dienone is 1. The van der Waals surface area contributed by atoms with Crippen molar-refractivity contribution in [3.05, 3.63) is 63.5 Å². The van der Waals surface area contributed by atoms with Crippen LogP contribution in [-0.2, 0) is 16.1 Å². The first-order valence-electron chi connectivity index (χ1n) is 7.70. The van der Waals surface area contributed by atoms with E-state index in [-0.39, 0.29) is 12.6 Å². The standard InChI is InChI=1S/C18H18N2O4S/c1-11-15(16(20-18(22)19-11)14-4-3-9-25-14)17(21)24-10-12-5-7-13(23-2)8-6-12/h3-9,16H,10H2,1-2H3,(H2,19,20,22). The van der Waals surface area contributed by atoms with Crippen molar-refractivity contribution in [3.8, 4) is 5.75 Å². The van der Waals surface area contributed by atoms with Crippen LogP contribution in [0.25, 0.3) is 0 Å². The zero-order chi connectivity index (χ0) is 17.8. The minimum absolute atomic E-state index is 0.144. The van der Waals surface area contributed by atoms with Crippen molar-refractivity contribution in [2.45, 2.75) is 19.6 Å². The van der Waals surface area contributed by atoms with Gasteiger partial charge in [0.05, 0.1) is 18.7 Å². The lowest BCUT2D eigenvalue weighted by atomic mass is 10.0. The molecule has 6 nitrogen and oxygen atoms in total. The maximum absolute atomic E-state index is 12.6. The first-order chi connectivity index (χ1) is 12.1. The molecule has 1 aliphatic heterocycles. The van der Waals surface area contributed by atoms with Gasteiger partial charge < -0.3 is 20.1 Å². The van der Waals surface area contributed by atoms with E-state index in [0.717, 1.165) is 16.2 Å². The van der Waals surface area contributed by atoms with Crippen LogP contribution >= 0.6 is 11.3 Å². The lowest BCUT2D eigenvalue weighted by Gasteiger charge is -2.27. The van der Waals surface area contributed by atoms with Crippen molar-refractivity contribution in [3.63, 3.8) is 0 Å². The highest BCUT2D eigenvalue weighted by Crippen LogP contribution is 2.30. The van der Waals surface area contributed by atoms with Gasteiger partial charge in [-0.05, 0) is 36.1 Å². The molecule has 7 heteroatoms. The van der Waals surface area contributed by atoms with Crippen molar-refractivity contribution >= 4 is 23.3 Å². The van der Waals surface area contributed by atoms with Crippen molar-refractivity contribution in [2.24, 2.45) is 0 Å². The normalized spacial score (nSPS) is 16.9. The summed E-state index contributed by atoms with van der Waals surface area (Å²) in [5, 5.41) is 7.31. The van der Waals surface area contributed by atoms with Crippen LogP contribution < -0.4 is 15.4 Å². The Morgan fingerprint density at radius 1 is 1.24 bits per heavy atom. The molecule has 1 atom stereocenters. The lowest BCUT2D eigenvalue weighted by molar-refractivity contribution is -0.140. The quantitative estimate of drug-likeness (QED) is 0.805. The molecule has 0 radical (unpaired) electrons. The summed E-state index contributed by atoms with van der Waals surface area (Å²) in [5.74, 6) is 0.282. The smallest absolute Gasteiger partial charge is 0.338 e. The second kappa shape index (κ2) is 7.40. The third-order valence-electron chi connectivity index (χ3n) is 3.85. The van der Waals surface area contributed by atoms with E-state index in [1.807, 2.05) is 41.8 Å². The van der Waals surface area contributed by atoms with Crippen molar-refractivity contribution in [1.82, 2.24) is 10.6 Å². The number of amides is 2. The van der Waals surface area contributed by atoms with Crippen molar-refractivity contribution in [1.29, 1.82) is 0 Å². The van der Waals surface area contributed by atoms with E-state index in [2.05, 4.69) is 10.6 Å². The summed E-state index contributed by atoms with van der Waals surface area (Å²) in [6.45, 7) is 1.84. The van der Waals surface area contributed by atoms with Gasteiger partial charge in [-0.15, -0.1) is 11.3 Å². The fraction of sp³-hybridized carbons (Fsp3) is 0.222. The number of esters is 1. The van der Waals surface area contributed by atoms with Crippen LogP contribution in [0.4, 0.5) is 4.79 Å². The van der Waals surface area contributed by atoms with Crippen LogP contribution in [-0.4, -0.2) is 19.1 Å². The van der Waals surface area contributed by atoms with Gasteiger partial charge in [-0.1, -0.05) is 18.2 Å². The Hall–Kier alpha value is -2.80. The van der Waals surface area contributed by atoms with Gasteiger partial charge in [0, 0.05) is 10.6 Å². The molecule has 0 spiro atoms. The Balaban J connectivity index is 1.76. The van der Waals surface area contributed by atoms with Gasteiger partial charge in [-0.2, -0.15) is 0 Å². The summed E-state index contributed by atoms with van der Waals surface area (Å²) in [6, 6.07) is 10.2. The van der Waals surface area contributed by atoms with Crippen LogP contribution in [0.2, 0.25) is 0 Å². The molecule has 2 N–H and O–H groups in total. The van der Waals surface area contributed by atoms with Gasteiger partial charge in [0.25, 0.3) is 0 Å². The highest BCUT2D eigenvalue weighted by atomic mass is 32.1. The minimum atomic E-state index is -0.503. The zero-order valence-electron chi connectivity index (χ0n) is 13.9. The molecule has 0 saturated carbocycles. The van der Waals surface area contributed by atoms with Crippen LogP contribution in [0.3, 0.4) is 0 Å². The van der Waals surface area contributed by atoms with Crippen LogP contribution in [0, 0.1) is 0 Å². The number of hydrogen-bond acceptors (Lipinski definition) is 5. The maximum Gasteiger partial charge on any atom is 0.338 e. The summed E-state index contributed by atoms with van der Waals surface area (Å²) in [4.78, 5) is 25.3. The van der Waals surface area contributed by atoms with Gasteiger partial charge in [-0.25, -0.2) is 9.59 Å². The Morgan fingerprint density at radius 2 is 2.00 bits per heavy atom. The summed E-state index contributed by atoms with van der Waals surface area (Å²) in [6.07, 6.45) is 0. The lowest BCUT2D eigenvalue weighted by Crippen LogP contribution is -2.45. The average molecular weight is 358 g/mol. The molecule has 25 heavy (non-hydrogen) atoms. The van der Waals surface area contributed by atoms with Crippen molar-refractivity contribution in [2.75, 3.05) is 7.11 Å². The molecular formula is C18H18N2O4S. The van der Waals surface area contributed by atoms with Crippen molar-refractivity contribution < 1.29 is 19.1 Å². The molecule has 1 aliphatic rings. The molecular weight excluding hydrogens is 340 g/mol. The van der Waals surface area contributed by atoms with Gasteiger partial charge in [0.1, 0.15) is 12.4 Å². The number of ether oxygens (including phenoxy) is 2. The number of rotatable bonds is 5. The SMILES string of the molecule is COc1ccc(COC(=O)C2=C(C)NC(=O)NC2c2cccs2)cc1. The van der Waals surface area contributed by atoms with Gasteiger partial charge in [0.15, 0.2) is 0 Å². The van der Waals surface area contributed by atoms with E-state index < -0.39 is 12.0 Å². The Morgan fingerprint density at radius 3 is 2.64 bits per heavy atom. The number of methoxy groups -OCH3 is 1. The number of thiophene rings is 1. The highest BCUT2D eigenvalue weighted by molar-refractivity contribution is 7.10.